The van der Waals surface area contributed by atoms with Crippen LogP contribution in [0.1, 0.15) is 19.4 Å². The minimum atomic E-state index is -3.83. The van der Waals surface area contributed by atoms with Crippen molar-refractivity contribution in [2.24, 2.45) is 0 Å². The number of nitrogens with zero attached hydrogens (tertiary/aromatic N) is 1. The van der Waals surface area contributed by atoms with Gasteiger partial charge in [-0.1, -0.05) is 0 Å². The second-order valence-corrected chi connectivity index (χ2v) is 8.69. The van der Waals surface area contributed by atoms with Crippen LogP contribution in [0.15, 0.2) is 45.8 Å². The van der Waals surface area contributed by atoms with Gasteiger partial charge in [0.1, 0.15) is 10.6 Å². The Balaban J connectivity index is 1.99. The molecule has 0 unspecified atom stereocenters. The minimum Gasteiger partial charge on any atom is -0.497 e. The first-order chi connectivity index (χ1) is 12.2. The van der Waals surface area contributed by atoms with Crippen LogP contribution in [0.2, 0.25) is 0 Å². The van der Waals surface area contributed by atoms with Gasteiger partial charge in [-0.2, -0.15) is 0 Å². The highest BCUT2D eigenvalue weighted by Crippen LogP contribution is 2.38. The van der Waals surface area contributed by atoms with Gasteiger partial charge in [-0.25, -0.2) is 8.42 Å². The summed E-state index contributed by atoms with van der Waals surface area (Å²) in [5, 5.41) is 0. The predicted molar refractivity (Wildman–Crippen MR) is 104 cm³/mol. The van der Waals surface area contributed by atoms with Crippen LogP contribution in [0.4, 0.5) is 11.4 Å². The van der Waals surface area contributed by atoms with Gasteiger partial charge in [0.25, 0.3) is 10.0 Å². The van der Waals surface area contributed by atoms with E-state index in [1.807, 2.05) is 6.92 Å². The Morgan fingerprint density at radius 2 is 1.92 bits per heavy atom. The zero-order chi connectivity index (χ0) is 19.1. The maximum Gasteiger partial charge on any atom is 0.263 e. The Morgan fingerprint density at radius 1 is 1.27 bits per heavy atom. The number of nitrogens with one attached hydrogen (secondary N) is 1. The van der Waals surface area contributed by atoms with E-state index >= 15 is 0 Å². The van der Waals surface area contributed by atoms with Crippen molar-refractivity contribution in [1.82, 2.24) is 0 Å². The van der Waals surface area contributed by atoms with Crippen molar-refractivity contribution in [3.8, 4) is 5.75 Å². The van der Waals surface area contributed by atoms with Gasteiger partial charge in [0, 0.05) is 28.8 Å². The average molecular weight is 439 g/mol. The highest BCUT2D eigenvalue weighted by molar-refractivity contribution is 9.10. The van der Waals surface area contributed by atoms with Crippen LogP contribution in [0.3, 0.4) is 0 Å². The number of anilines is 2. The number of sulfonamides is 1. The van der Waals surface area contributed by atoms with Gasteiger partial charge in [-0.3, -0.25) is 9.52 Å². The van der Waals surface area contributed by atoms with Gasteiger partial charge in [-0.05, 0) is 71.2 Å². The topological polar surface area (TPSA) is 75.7 Å². The molecule has 0 bridgehead atoms. The number of methoxy groups -OCH3 is 1. The van der Waals surface area contributed by atoms with E-state index in [0.717, 1.165) is 5.56 Å². The van der Waals surface area contributed by atoms with Crippen LogP contribution < -0.4 is 14.4 Å². The highest BCUT2D eigenvalue weighted by atomic mass is 79.9. The van der Waals surface area contributed by atoms with E-state index in [-0.39, 0.29) is 16.8 Å². The molecule has 2 aromatic rings. The first kappa shape index (κ1) is 18.7. The Bertz CT molecular complexity index is 958. The normalized spacial score (nSPS) is 16.3. The molecule has 3 rings (SSSR count). The number of fused-ring (bicyclic) bond motifs is 1. The lowest BCUT2D eigenvalue weighted by molar-refractivity contribution is -0.116. The molecule has 1 aliphatic rings. The summed E-state index contributed by atoms with van der Waals surface area (Å²) in [5.74, 6) is 0.530. The summed E-state index contributed by atoms with van der Waals surface area (Å²) >= 11 is 3.36. The minimum absolute atomic E-state index is 0.00176. The third kappa shape index (κ3) is 3.43. The number of carbonyl (C=O) groups excluding carboxylic acids is 1. The van der Waals surface area contributed by atoms with E-state index in [9.17, 15) is 13.2 Å². The predicted octanol–water partition coefficient (Wildman–Crippen LogP) is 3.56. The van der Waals surface area contributed by atoms with Gasteiger partial charge < -0.3 is 9.64 Å². The molecule has 0 fully saturated rings. The number of hydrogen-bond acceptors (Lipinski definition) is 4. The standard InChI is InChI=1S/C18H19BrN2O4S/c1-11-8-13-9-16(19)18(10-17(13)21(11)12(2)22)26(23,24)20-14-4-6-15(25-3)7-5-14/h4-7,9-11,20H,8H2,1-3H3/t11-/m0/s1. The number of rotatable bonds is 4. The molecule has 0 aliphatic carbocycles. The fraction of sp³-hybridized carbons (Fsp3) is 0.278. The van der Waals surface area contributed by atoms with Crippen LogP contribution in [0, 0.1) is 0 Å². The van der Waals surface area contributed by atoms with Crippen molar-refractivity contribution in [2.75, 3.05) is 16.7 Å². The summed E-state index contributed by atoms with van der Waals surface area (Å²) < 4.78 is 33.8. The number of amides is 1. The third-order valence-electron chi connectivity index (χ3n) is 4.32. The monoisotopic (exact) mass is 438 g/mol. The van der Waals surface area contributed by atoms with E-state index in [1.54, 1.807) is 48.4 Å². The molecule has 8 heteroatoms. The fourth-order valence-corrected chi connectivity index (χ4v) is 5.34. The lowest BCUT2D eigenvalue weighted by Crippen LogP contribution is -2.33. The highest BCUT2D eigenvalue weighted by Gasteiger charge is 2.32. The van der Waals surface area contributed by atoms with Gasteiger partial charge >= 0.3 is 0 Å². The van der Waals surface area contributed by atoms with Crippen LogP contribution >= 0.6 is 15.9 Å². The molecule has 6 nitrogen and oxygen atoms in total. The van der Waals surface area contributed by atoms with E-state index in [0.29, 0.717) is 28.0 Å². The second-order valence-electron chi connectivity index (χ2n) is 6.19. The lowest BCUT2D eigenvalue weighted by atomic mass is 10.1. The zero-order valence-corrected chi connectivity index (χ0v) is 17.0. The molecule has 0 saturated carbocycles. The quantitative estimate of drug-likeness (QED) is 0.791. The summed E-state index contributed by atoms with van der Waals surface area (Å²) in [5.41, 5.74) is 2.02. The van der Waals surface area contributed by atoms with Crippen molar-refractivity contribution in [3.05, 3.63) is 46.4 Å². The molecule has 0 saturated heterocycles. The van der Waals surface area contributed by atoms with Gasteiger partial charge in [0.05, 0.1) is 7.11 Å². The summed E-state index contributed by atoms with van der Waals surface area (Å²) in [4.78, 5) is 13.7. The number of halogens is 1. The van der Waals surface area contributed by atoms with E-state index in [4.69, 9.17) is 4.74 Å². The molecule has 2 aromatic carbocycles. The van der Waals surface area contributed by atoms with E-state index < -0.39 is 10.0 Å². The molecule has 138 valence electrons. The number of hydrogen-bond donors (Lipinski definition) is 1. The van der Waals surface area contributed by atoms with Crippen molar-refractivity contribution in [3.63, 3.8) is 0 Å². The SMILES string of the molecule is COc1ccc(NS(=O)(=O)c2cc3c(cc2Br)C[C@H](C)N3C(C)=O)cc1. The van der Waals surface area contributed by atoms with E-state index in [1.165, 1.54) is 6.92 Å². The molecule has 26 heavy (non-hydrogen) atoms. The molecule has 1 heterocycles. The zero-order valence-electron chi connectivity index (χ0n) is 14.6. The molecule has 1 N–H and O–H groups in total. The van der Waals surface area contributed by atoms with Crippen LogP contribution in [-0.2, 0) is 21.2 Å². The van der Waals surface area contributed by atoms with Gasteiger partial charge in [0.15, 0.2) is 0 Å². The summed E-state index contributed by atoms with van der Waals surface area (Å²) in [7, 11) is -2.28. The summed E-state index contributed by atoms with van der Waals surface area (Å²) in [6.45, 7) is 3.43. The Labute approximate surface area is 161 Å². The largest absolute Gasteiger partial charge is 0.497 e. The maximum atomic E-state index is 12.9. The summed E-state index contributed by atoms with van der Waals surface area (Å²) in [6.07, 6.45) is 0.694. The molecule has 1 atom stereocenters. The molecule has 1 amide bonds. The van der Waals surface area contributed by atoms with Crippen molar-refractivity contribution in [2.45, 2.75) is 31.2 Å². The maximum absolute atomic E-state index is 12.9. The average Bonchev–Trinajstić information content (AvgIpc) is 2.89. The first-order valence-corrected chi connectivity index (χ1v) is 10.3. The number of benzene rings is 2. The van der Waals surface area contributed by atoms with Gasteiger partial charge in [0.2, 0.25) is 5.91 Å². The smallest absolute Gasteiger partial charge is 0.263 e. The van der Waals surface area contributed by atoms with Crippen molar-refractivity contribution >= 4 is 43.2 Å². The van der Waals surface area contributed by atoms with Gasteiger partial charge in [-0.15, -0.1) is 0 Å². The molecule has 0 spiro atoms. The molecular weight excluding hydrogens is 420 g/mol. The lowest BCUT2D eigenvalue weighted by Gasteiger charge is -2.21. The second kappa shape index (κ2) is 6.92. The molecule has 1 aliphatic heterocycles. The number of ether oxygens (including phenoxy) is 1. The fourth-order valence-electron chi connectivity index (χ4n) is 3.17. The van der Waals surface area contributed by atoms with Crippen LogP contribution in [0.5, 0.6) is 5.75 Å². The Kier molecular flexibility index (Phi) is 4.98. The van der Waals surface area contributed by atoms with Crippen LogP contribution in [0.25, 0.3) is 0 Å². The van der Waals surface area contributed by atoms with Crippen LogP contribution in [-0.4, -0.2) is 27.5 Å². The summed E-state index contributed by atoms with van der Waals surface area (Å²) in [6, 6.07) is 9.93. The third-order valence-corrected chi connectivity index (χ3v) is 6.66. The van der Waals surface area contributed by atoms with Crippen molar-refractivity contribution < 1.29 is 17.9 Å². The molecule has 0 radical (unpaired) electrons. The molecule has 0 aromatic heterocycles. The first-order valence-electron chi connectivity index (χ1n) is 8.02. The number of carbonyl (C=O) groups is 1. The Morgan fingerprint density at radius 3 is 2.50 bits per heavy atom. The Hall–Kier alpha value is -2.06. The molecular formula is C18H19BrN2O4S. The van der Waals surface area contributed by atoms with Crippen molar-refractivity contribution in [1.29, 1.82) is 0 Å². The van der Waals surface area contributed by atoms with E-state index in [2.05, 4.69) is 20.7 Å².